The summed E-state index contributed by atoms with van der Waals surface area (Å²) in [6.45, 7) is 6.04. The molecule has 4 aromatic carbocycles. The molecule has 0 radical (unpaired) electrons. The number of hydrogen-bond acceptors (Lipinski definition) is 7. The van der Waals surface area contributed by atoms with Gasteiger partial charge in [-0.2, -0.15) is 0 Å². The van der Waals surface area contributed by atoms with Gasteiger partial charge in [-0.15, -0.1) is 11.3 Å². The third-order valence-corrected chi connectivity index (χ3v) is 11.4. The molecule has 0 spiro atoms. The summed E-state index contributed by atoms with van der Waals surface area (Å²) >= 11 is 1.80. The van der Waals surface area contributed by atoms with Crippen molar-refractivity contribution in [3.05, 3.63) is 114 Å². The van der Waals surface area contributed by atoms with Crippen LogP contribution in [0.2, 0.25) is 0 Å². The van der Waals surface area contributed by atoms with Gasteiger partial charge >= 0.3 is 6.09 Å². The molecule has 51 heavy (non-hydrogen) atoms. The fourth-order valence-electron chi connectivity index (χ4n) is 7.32. The zero-order chi connectivity index (χ0) is 34.8. The highest BCUT2D eigenvalue weighted by Crippen LogP contribution is 2.42. The van der Waals surface area contributed by atoms with Crippen LogP contribution in [0.1, 0.15) is 61.6 Å². The third kappa shape index (κ3) is 9.23. The average Bonchev–Trinajstić information content (AvgIpc) is 3.94. The summed E-state index contributed by atoms with van der Waals surface area (Å²) in [5.41, 5.74) is 4.79. The first-order chi connectivity index (χ1) is 25.1. The van der Waals surface area contributed by atoms with Crippen molar-refractivity contribution in [3.8, 4) is 27.7 Å². The fourth-order valence-corrected chi connectivity index (χ4v) is 8.57. The van der Waals surface area contributed by atoms with Crippen molar-refractivity contribution < 1.29 is 24.1 Å². The van der Waals surface area contributed by atoms with Crippen molar-refractivity contribution in [2.45, 2.75) is 64.0 Å². The second kappa shape index (κ2) is 17.1. The number of nitrogens with zero attached hydrogens (tertiary/aromatic N) is 2. The largest absolute Gasteiger partial charge is 0.508 e. The van der Waals surface area contributed by atoms with Crippen LogP contribution in [0.25, 0.3) is 20.5 Å². The van der Waals surface area contributed by atoms with E-state index in [2.05, 4.69) is 59.5 Å². The maximum absolute atomic E-state index is 11.2. The molecule has 7 nitrogen and oxygen atoms in total. The van der Waals surface area contributed by atoms with Gasteiger partial charge in [0.1, 0.15) is 37.1 Å². The zero-order valence-electron chi connectivity index (χ0n) is 29.3. The Bertz CT molecular complexity index is 1850. The summed E-state index contributed by atoms with van der Waals surface area (Å²) in [5, 5.41) is 11.0. The molecule has 1 saturated carbocycles. The monoisotopic (exact) mass is 704 g/mol. The minimum atomic E-state index is -0.0955. The van der Waals surface area contributed by atoms with Crippen molar-refractivity contribution >= 4 is 27.5 Å². The summed E-state index contributed by atoms with van der Waals surface area (Å²) in [4.78, 5) is 16.8. The molecule has 3 fully saturated rings. The van der Waals surface area contributed by atoms with E-state index in [1.54, 1.807) is 23.5 Å². The van der Waals surface area contributed by atoms with Crippen molar-refractivity contribution in [1.29, 1.82) is 0 Å². The fraction of sp³-hybridized carbons (Fsp3) is 0.372. The smallest absolute Gasteiger partial charge is 0.410 e. The molecular formula is C43H48N2O5S. The lowest BCUT2D eigenvalue weighted by Crippen LogP contribution is -2.37. The van der Waals surface area contributed by atoms with Crippen LogP contribution in [-0.4, -0.2) is 66.4 Å². The number of benzene rings is 4. The van der Waals surface area contributed by atoms with Crippen LogP contribution in [0, 0.1) is 0 Å². The first-order valence-corrected chi connectivity index (χ1v) is 19.3. The van der Waals surface area contributed by atoms with Gasteiger partial charge in [-0.3, -0.25) is 4.90 Å². The highest BCUT2D eigenvalue weighted by atomic mass is 32.1. The topological polar surface area (TPSA) is 71.5 Å². The maximum atomic E-state index is 11.2. The Morgan fingerprint density at radius 1 is 0.765 bits per heavy atom. The molecule has 3 heterocycles. The molecule has 3 aliphatic rings. The van der Waals surface area contributed by atoms with Crippen LogP contribution in [0.5, 0.6) is 17.2 Å². The number of amides is 1. The quantitative estimate of drug-likeness (QED) is 0.148. The third-order valence-electron chi connectivity index (χ3n) is 10.1. The molecule has 1 N–H and O–H groups in total. The molecular weight excluding hydrogens is 657 g/mol. The second-order valence-corrected chi connectivity index (χ2v) is 14.8. The number of likely N-dealkylation sites (tertiary alicyclic amines) is 1. The lowest BCUT2D eigenvalue weighted by atomic mass is 9.94. The van der Waals surface area contributed by atoms with Crippen molar-refractivity contribution in [2.75, 3.05) is 39.4 Å². The van der Waals surface area contributed by atoms with Gasteiger partial charge in [-0.1, -0.05) is 61.7 Å². The standard InChI is InChI=1S/C34H33NO3S.C9H15NO2/c36-28-12-8-25(9-13-28)22-32-31-17-16-30(38-24-26-6-2-1-3-7-26)23-33(31)39-34(32)27-10-14-29(15-11-27)37-21-20-35-18-4-5-19-35;11-9-10(6-7-12-9)8-4-2-1-3-5-8/h1-3,6-17,23,36H,4-5,18-22,24H2;8H,1-7H2. The van der Waals surface area contributed by atoms with Gasteiger partial charge in [-0.05, 0) is 127 Å². The summed E-state index contributed by atoms with van der Waals surface area (Å²) in [6.07, 6.45) is 9.52. The number of cyclic esters (lactones) is 1. The molecule has 5 aromatic rings. The number of ether oxygens (including phenoxy) is 3. The number of carbonyl (C=O) groups excluding carboxylic acids is 1. The number of rotatable bonds is 11. The first-order valence-electron chi connectivity index (χ1n) is 18.5. The number of thiophene rings is 1. The van der Waals surface area contributed by atoms with Crippen LogP contribution < -0.4 is 9.47 Å². The lowest BCUT2D eigenvalue weighted by Gasteiger charge is -2.28. The second-order valence-electron chi connectivity index (χ2n) is 13.7. The molecule has 8 rings (SSSR count). The van der Waals surface area contributed by atoms with E-state index in [4.69, 9.17) is 14.2 Å². The number of fused-ring (bicyclic) bond motifs is 1. The van der Waals surface area contributed by atoms with Gasteiger partial charge in [0, 0.05) is 22.2 Å². The Balaban J connectivity index is 0.000000285. The number of phenols is 1. The Hall–Kier alpha value is -4.53. The minimum absolute atomic E-state index is 0.0955. The van der Waals surface area contributed by atoms with E-state index in [9.17, 15) is 9.90 Å². The van der Waals surface area contributed by atoms with E-state index in [1.807, 2.05) is 35.2 Å². The Morgan fingerprint density at radius 3 is 2.24 bits per heavy atom. The van der Waals surface area contributed by atoms with Crippen LogP contribution >= 0.6 is 11.3 Å². The SMILES string of the molecule is O=C1OCCN1C1CCCCC1.Oc1ccc(Cc2c(-c3ccc(OCCN4CCCC4)cc3)sc3cc(OCc4ccccc4)ccc23)cc1. The lowest BCUT2D eigenvalue weighted by molar-refractivity contribution is 0.139. The number of hydrogen-bond donors (Lipinski definition) is 1. The normalized spacial score (nSPS) is 16.5. The molecule has 0 bridgehead atoms. The van der Waals surface area contributed by atoms with E-state index in [0.29, 0.717) is 19.3 Å². The van der Waals surface area contributed by atoms with Gasteiger partial charge in [0.2, 0.25) is 0 Å². The Morgan fingerprint density at radius 2 is 1.51 bits per heavy atom. The van der Waals surface area contributed by atoms with Crippen LogP contribution in [0.15, 0.2) is 97.1 Å². The predicted octanol–water partition coefficient (Wildman–Crippen LogP) is 9.69. The van der Waals surface area contributed by atoms with Gasteiger partial charge in [0.05, 0.1) is 6.54 Å². The van der Waals surface area contributed by atoms with E-state index >= 15 is 0 Å². The Labute approximate surface area is 305 Å². The van der Waals surface area contributed by atoms with E-state index in [-0.39, 0.29) is 11.8 Å². The molecule has 2 aliphatic heterocycles. The number of aromatic hydroxyl groups is 1. The van der Waals surface area contributed by atoms with Crippen LogP contribution in [0.4, 0.5) is 4.79 Å². The van der Waals surface area contributed by atoms with Gasteiger partial charge in [0.25, 0.3) is 0 Å². The van der Waals surface area contributed by atoms with Crippen molar-refractivity contribution in [1.82, 2.24) is 9.80 Å². The van der Waals surface area contributed by atoms with Gasteiger partial charge in [0.15, 0.2) is 0 Å². The molecule has 1 aliphatic carbocycles. The maximum Gasteiger partial charge on any atom is 0.410 e. The zero-order valence-corrected chi connectivity index (χ0v) is 30.1. The van der Waals surface area contributed by atoms with E-state index in [1.165, 1.54) is 89.7 Å². The summed E-state index contributed by atoms with van der Waals surface area (Å²) < 4.78 is 18.3. The van der Waals surface area contributed by atoms with E-state index in [0.717, 1.165) is 43.2 Å². The van der Waals surface area contributed by atoms with Crippen molar-refractivity contribution in [2.24, 2.45) is 0 Å². The van der Waals surface area contributed by atoms with E-state index < -0.39 is 0 Å². The van der Waals surface area contributed by atoms with Gasteiger partial charge < -0.3 is 24.2 Å². The molecule has 266 valence electrons. The summed E-state index contributed by atoms with van der Waals surface area (Å²) in [6, 6.07) is 33.2. The van der Waals surface area contributed by atoms with Gasteiger partial charge in [-0.25, -0.2) is 4.79 Å². The number of phenolic OH excluding ortho intramolecular Hbond substituents is 1. The highest BCUT2D eigenvalue weighted by Gasteiger charge is 2.30. The molecule has 8 heteroatoms. The minimum Gasteiger partial charge on any atom is -0.508 e. The molecule has 0 unspecified atom stereocenters. The predicted molar refractivity (Wildman–Crippen MR) is 205 cm³/mol. The average molecular weight is 705 g/mol. The molecule has 2 saturated heterocycles. The van der Waals surface area contributed by atoms with Crippen LogP contribution in [-0.2, 0) is 17.8 Å². The summed E-state index contributed by atoms with van der Waals surface area (Å²) in [7, 11) is 0. The molecule has 1 amide bonds. The molecule has 1 aromatic heterocycles. The first kappa shape index (κ1) is 34.9. The van der Waals surface area contributed by atoms with Crippen LogP contribution in [0.3, 0.4) is 0 Å². The summed E-state index contributed by atoms with van der Waals surface area (Å²) in [5.74, 6) is 2.07. The molecule has 0 atom stereocenters. The Kier molecular flexibility index (Phi) is 11.7. The van der Waals surface area contributed by atoms with Crippen molar-refractivity contribution in [3.63, 3.8) is 0 Å². The number of carbonyl (C=O) groups is 1. The highest BCUT2D eigenvalue weighted by molar-refractivity contribution is 7.22.